The van der Waals surface area contributed by atoms with Gasteiger partial charge in [0.25, 0.3) is 5.91 Å². The topological polar surface area (TPSA) is 71.5 Å². The second-order valence-corrected chi connectivity index (χ2v) is 7.26. The number of carbonyl (C=O) groups is 2. The number of nitrogens with zero attached hydrogens (tertiary/aromatic N) is 2. The number of methoxy groups -OCH3 is 1. The maximum atomic E-state index is 12.4. The van der Waals surface area contributed by atoms with Crippen LogP contribution in [0.1, 0.15) is 54.4 Å². The standard InChI is InChI=1S/C19H27N3O3/c1-14-11-15(13-20-12-14)18(24)21-16-3-6-19(7-4-16)8-5-17(23)22(19)9-10-25-2/h11-13,16H,3-10H2,1-2H3,(H,21,24). The van der Waals surface area contributed by atoms with Gasteiger partial charge in [-0.1, -0.05) is 0 Å². The van der Waals surface area contributed by atoms with Crippen molar-refractivity contribution in [1.29, 1.82) is 0 Å². The van der Waals surface area contributed by atoms with Gasteiger partial charge in [0, 0.05) is 44.0 Å². The normalized spacial score (nSPS) is 26.2. The summed E-state index contributed by atoms with van der Waals surface area (Å²) in [5.74, 6) is 0.182. The maximum absolute atomic E-state index is 12.4. The summed E-state index contributed by atoms with van der Waals surface area (Å²) in [5.41, 5.74) is 1.56. The van der Waals surface area contributed by atoms with Crippen LogP contribution in [-0.4, -0.2) is 53.5 Å². The van der Waals surface area contributed by atoms with E-state index in [1.54, 1.807) is 19.5 Å². The van der Waals surface area contributed by atoms with Gasteiger partial charge in [-0.25, -0.2) is 0 Å². The molecule has 0 unspecified atom stereocenters. The number of hydrogen-bond donors (Lipinski definition) is 1. The molecule has 2 aliphatic rings. The summed E-state index contributed by atoms with van der Waals surface area (Å²) in [7, 11) is 1.67. The molecule has 1 saturated heterocycles. The third kappa shape index (κ3) is 3.84. The van der Waals surface area contributed by atoms with E-state index < -0.39 is 0 Å². The highest BCUT2D eigenvalue weighted by Crippen LogP contribution is 2.42. The summed E-state index contributed by atoms with van der Waals surface area (Å²) in [6, 6.07) is 2.02. The van der Waals surface area contributed by atoms with Crippen LogP contribution in [0.5, 0.6) is 0 Å². The van der Waals surface area contributed by atoms with Crippen LogP contribution in [-0.2, 0) is 9.53 Å². The molecule has 0 bridgehead atoms. The number of aromatic nitrogens is 1. The van der Waals surface area contributed by atoms with Gasteiger partial charge in [-0.3, -0.25) is 14.6 Å². The van der Waals surface area contributed by atoms with E-state index in [4.69, 9.17) is 4.74 Å². The zero-order valence-corrected chi connectivity index (χ0v) is 15.1. The van der Waals surface area contributed by atoms with Crippen molar-refractivity contribution in [3.8, 4) is 0 Å². The molecule has 6 nitrogen and oxygen atoms in total. The molecule has 1 saturated carbocycles. The summed E-state index contributed by atoms with van der Waals surface area (Å²) in [6.07, 6.45) is 8.61. The number of hydrogen-bond acceptors (Lipinski definition) is 4. The third-order valence-corrected chi connectivity index (χ3v) is 5.59. The maximum Gasteiger partial charge on any atom is 0.253 e. The zero-order chi connectivity index (χ0) is 17.9. The van der Waals surface area contributed by atoms with Gasteiger partial charge in [-0.15, -0.1) is 0 Å². The number of nitrogens with one attached hydrogen (secondary N) is 1. The largest absolute Gasteiger partial charge is 0.383 e. The SMILES string of the molecule is COCCN1C(=O)CCC12CCC(NC(=O)c1cncc(C)c1)CC2. The van der Waals surface area contributed by atoms with E-state index in [9.17, 15) is 9.59 Å². The molecule has 1 aliphatic carbocycles. The molecule has 2 amide bonds. The van der Waals surface area contributed by atoms with Crippen molar-refractivity contribution < 1.29 is 14.3 Å². The molecule has 3 rings (SSSR count). The first-order valence-electron chi connectivity index (χ1n) is 9.06. The van der Waals surface area contributed by atoms with E-state index in [2.05, 4.69) is 10.3 Å². The van der Waals surface area contributed by atoms with E-state index in [0.717, 1.165) is 37.7 Å². The van der Waals surface area contributed by atoms with E-state index in [1.165, 1.54) is 0 Å². The molecule has 1 aromatic heterocycles. The predicted octanol–water partition coefficient (Wildman–Crippen LogP) is 2.07. The smallest absolute Gasteiger partial charge is 0.253 e. The summed E-state index contributed by atoms with van der Waals surface area (Å²) in [4.78, 5) is 30.7. The minimum Gasteiger partial charge on any atom is -0.383 e. The minimum atomic E-state index is -0.0594. The van der Waals surface area contributed by atoms with Crippen LogP contribution < -0.4 is 5.32 Å². The molecular weight excluding hydrogens is 318 g/mol. The monoisotopic (exact) mass is 345 g/mol. The van der Waals surface area contributed by atoms with Gasteiger partial charge in [0.15, 0.2) is 0 Å². The molecule has 1 aromatic rings. The van der Waals surface area contributed by atoms with Crippen LogP contribution in [0, 0.1) is 6.92 Å². The average molecular weight is 345 g/mol. The molecular formula is C19H27N3O3. The highest BCUT2D eigenvalue weighted by atomic mass is 16.5. The van der Waals surface area contributed by atoms with Crippen LogP contribution in [0.25, 0.3) is 0 Å². The Morgan fingerprint density at radius 3 is 2.80 bits per heavy atom. The summed E-state index contributed by atoms with van der Waals surface area (Å²) in [6.45, 7) is 3.18. The second kappa shape index (κ2) is 7.52. The molecule has 1 spiro atoms. The lowest BCUT2D eigenvalue weighted by Gasteiger charge is -2.44. The molecule has 136 valence electrons. The van der Waals surface area contributed by atoms with Gasteiger partial charge in [-0.05, 0) is 50.7 Å². The molecule has 1 aliphatic heterocycles. The van der Waals surface area contributed by atoms with Gasteiger partial charge in [0.2, 0.25) is 5.91 Å². The summed E-state index contributed by atoms with van der Waals surface area (Å²) < 4.78 is 5.16. The second-order valence-electron chi connectivity index (χ2n) is 7.26. The molecule has 0 atom stereocenters. The number of aryl methyl sites for hydroxylation is 1. The van der Waals surface area contributed by atoms with Crippen molar-refractivity contribution in [1.82, 2.24) is 15.2 Å². The highest BCUT2D eigenvalue weighted by molar-refractivity contribution is 5.94. The van der Waals surface area contributed by atoms with E-state index in [0.29, 0.717) is 25.1 Å². The number of pyridine rings is 1. The van der Waals surface area contributed by atoms with Gasteiger partial charge < -0.3 is 15.0 Å². The van der Waals surface area contributed by atoms with Crippen LogP contribution in [0.2, 0.25) is 0 Å². The fourth-order valence-electron chi connectivity index (χ4n) is 4.19. The number of ether oxygens (including phenoxy) is 1. The molecule has 6 heteroatoms. The first-order chi connectivity index (χ1) is 12.0. The Labute approximate surface area is 148 Å². The Balaban J connectivity index is 1.58. The van der Waals surface area contributed by atoms with Crippen molar-refractivity contribution >= 4 is 11.8 Å². The summed E-state index contributed by atoms with van der Waals surface area (Å²) in [5, 5.41) is 3.13. The van der Waals surface area contributed by atoms with E-state index in [-0.39, 0.29) is 23.4 Å². The first kappa shape index (κ1) is 17.9. The first-order valence-corrected chi connectivity index (χ1v) is 9.06. The molecule has 0 aromatic carbocycles. The lowest BCUT2D eigenvalue weighted by Crippen LogP contribution is -2.52. The average Bonchev–Trinajstić information content (AvgIpc) is 2.91. The Hall–Kier alpha value is -1.95. The lowest BCUT2D eigenvalue weighted by molar-refractivity contribution is -0.133. The zero-order valence-electron chi connectivity index (χ0n) is 15.1. The lowest BCUT2D eigenvalue weighted by atomic mass is 9.77. The number of likely N-dealkylation sites (tertiary alicyclic amines) is 1. The van der Waals surface area contributed by atoms with Crippen molar-refractivity contribution in [2.24, 2.45) is 0 Å². The van der Waals surface area contributed by atoms with Crippen molar-refractivity contribution in [3.05, 3.63) is 29.6 Å². The van der Waals surface area contributed by atoms with E-state index in [1.807, 2.05) is 17.9 Å². The fraction of sp³-hybridized carbons (Fsp3) is 0.632. The number of rotatable bonds is 5. The molecule has 1 N–H and O–H groups in total. The number of amides is 2. The number of carbonyl (C=O) groups excluding carboxylic acids is 2. The van der Waals surface area contributed by atoms with Gasteiger partial charge in [0.05, 0.1) is 12.2 Å². The Kier molecular flexibility index (Phi) is 5.37. The highest BCUT2D eigenvalue weighted by Gasteiger charge is 2.46. The van der Waals surface area contributed by atoms with Crippen molar-refractivity contribution in [2.45, 2.75) is 57.0 Å². The Morgan fingerprint density at radius 1 is 1.36 bits per heavy atom. The summed E-state index contributed by atoms with van der Waals surface area (Å²) >= 11 is 0. The van der Waals surface area contributed by atoms with Crippen LogP contribution in [0.3, 0.4) is 0 Å². The molecule has 2 fully saturated rings. The van der Waals surface area contributed by atoms with Gasteiger partial charge >= 0.3 is 0 Å². The van der Waals surface area contributed by atoms with E-state index >= 15 is 0 Å². The van der Waals surface area contributed by atoms with Crippen molar-refractivity contribution in [2.75, 3.05) is 20.3 Å². The van der Waals surface area contributed by atoms with Gasteiger partial charge in [-0.2, -0.15) is 0 Å². The fourth-order valence-corrected chi connectivity index (χ4v) is 4.19. The van der Waals surface area contributed by atoms with Crippen LogP contribution in [0.4, 0.5) is 0 Å². The molecule has 2 heterocycles. The molecule has 0 radical (unpaired) electrons. The minimum absolute atomic E-state index is 0.0261. The Bertz CT molecular complexity index is 639. The quantitative estimate of drug-likeness (QED) is 0.887. The van der Waals surface area contributed by atoms with Crippen LogP contribution in [0.15, 0.2) is 18.5 Å². The van der Waals surface area contributed by atoms with Gasteiger partial charge in [0.1, 0.15) is 0 Å². The van der Waals surface area contributed by atoms with Crippen LogP contribution >= 0.6 is 0 Å². The Morgan fingerprint density at radius 2 is 2.12 bits per heavy atom. The van der Waals surface area contributed by atoms with Crippen molar-refractivity contribution in [3.63, 3.8) is 0 Å². The third-order valence-electron chi connectivity index (χ3n) is 5.59. The molecule has 25 heavy (non-hydrogen) atoms. The predicted molar refractivity (Wildman–Crippen MR) is 94.3 cm³/mol.